The Hall–Kier alpha value is -1.73. The Morgan fingerprint density at radius 1 is 1.55 bits per heavy atom. The highest BCUT2D eigenvalue weighted by Gasteiger charge is 2.19. The van der Waals surface area contributed by atoms with Crippen LogP contribution in [0.2, 0.25) is 0 Å². The molecule has 0 aromatic carbocycles. The van der Waals surface area contributed by atoms with Crippen molar-refractivity contribution in [1.82, 2.24) is 25.0 Å². The van der Waals surface area contributed by atoms with E-state index in [1.807, 2.05) is 34.3 Å². The third-order valence-electron chi connectivity index (χ3n) is 2.99. The molecule has 20 heavy (non-hydrogen) atoms. The van der Waals surface area contributed by atoms with E-state index in [0.717, 1.165) is 22.8 Å². The van der Waals surface area contributed by atoms with Crippen molar-refractivity contribution in [2.24, 2.45) is 7.05 Å². The van der Waals surface area contributed by atoms with E-state index in [9.17, 15) is 4.79 Å². The van der Waals surface area contributed by atoms with E-state index < -0.39 is 0 Å². The van der Waals surface area contributed by atoms with Crippen LogP contribution in [0.5, 0.6) is 0 Å². The monoisotopic (exact) mass is 293 g/mol. The summed E-state index contributed by atoms with van der Waals surface area (Å²) in [7, 11) is 5.54. The molecule has 0 saturated heterocycles. The zero-order valence-electron chi connectivity index (χ0n) is 12.2. The van der Waals surface area contributed by atoms with Crippen LogP contribution < -0.4 is 5.32 Å². The molecule has 1 amide bonds. The molecule has 0 bridgehead atoms. The van der Waals surface area contributed by atoms with Gasteiger partial charge in [0.2, 0.25) is 0 Å². The van der Waals surface area contributed by atoms with Gasteiger partial charge in [0, 0.05) is 38.9 Å². The number of thiazole rings is 1. The predicted octanol–water partition coefficient (Wildman–Crippen LogP) is 1.14. The molecule has 0 radical (unpaired) electrons. The fraction of sp³-hybridized carbons (Fsp3) is 0.462. The van der Waals surface area contributed by atoms with E-state index in [1.54, 1.807) is 15.8 Å². The third kappa shape index (κ3) is 3.05. The Morgan fingerprint density at radius 2 is 2.30 bits per heavy atom. The van der Waals surface area contributed by atoms with Crippen molar-refractivity contribution in [3.63, 3.8) is 0 Å². The van der Waals surface area contributed by atoms with Gasteiger partial charge in [-0.05, 0) is 14.0 Å². The largest absolute Gasteiger partial charge is 0.340 e. The van der Waals surface area contributed by atoms with Crippen LogP contribution in [0.25, 0.3) is 10.6 Å². The Bertz CT molecular complexity index is 604. The number of aromatic nitrogens is 3. The molecule has 0 aliphatic heterocycles. The Morgan fingerprint density at radius 3 is 2.90 bits per heavy atom. The van der Waals surface area contributed by atoms with Gasteiger partial charge >= 0.3 is 0 Å². The molecule has 0 fully saturated rings. The maximum absolute atomic E-state index is 12.4. The smallest absolute Gasteiger partial charge is 0.265 e. The highest BCUT2D eigenvalue weighted by Crippen LogP contribution is 2.28. The van der Waals surface area contributed by atoms with Crippen LogP contribution in [-0.2, 0) is 7.05 Å². The summed E-state index contributed by atoms with van der Waals surface area (Å²) in [4.78, 5) is 19.3. The number of nitrogens with one attached hydrogen (secondary N) is 1. The van der Waals surface area contributed by atoms with Crippen molar-refractivity contribution in [1.29, 1.82) is 0 Å². The number of carbonyl (C=O) groups excluding carboxylic acids is 1. The maximum Gasteiger partial charge on any atom is 0.265 e. The topological polar surface area (TPSA) is 63.1 Å². The van der Waals surface area contributed by atoms with Crippen molar-refractivity contribution in [2.75, 3.05) is 27.2 Å². The highest BCUT2D eigenvalue weighted by molar-refractivity contribution is 7.17. The van der Waals surface area contributed by atoms with Gasteiger partial charge in [0.05, 0.1) is 11.9 Å². The third-order valence-corrected chi connectivity index (χ3v) is 4.18. The highest BCUT2D eigenvalue weighted by atomic mass is 32.1. The summed E-state index contributed by atoms with van der Waals surface area (Å²) in [6, 6.07) is 0. The molecular weight excluding hydrogens is 274 g/mol. The second-order valence-electron chi connectivity index (χ2n) is 4.67. The molecule has 0 saturated carbocycles. The Balaban J connectivity index is 2.21. The first kappa shape index (κ1) is 14.7. The van der Waals surface area contributed by atoms with Crippen LogP contribution >= 0.6 is 11.3 Å². The molecule has 2 aromatic rings. The predicted molar refractivity (Wildman–Crippen MR) is 79.9 cm³/mol. The van der Waals surface area contributed by atoms with Crippen LogP contribution in [0.4, 0.5) is 0 Å². The minimum atomic E-state index is 0.0189. The number of hydrogen-bond acceptors (Lipinski definition) is 5. The molecule has 2 heterocycles. The lowest BCUT2D eigenvalue weighted by Gasteiger charge is -2.15. The van der Waals surface area contributed by atoms with Crippen LogP contribution in [0.1, 0.15) is 15.4 Å². The molecule has 2 rings (SSSR count). The summed E-state index contributed by atoms with van der Waals surface area (Å²) in [5, 5.41) is 8.00. The van der Waals surface area contributed by atoms with Gasteiger partial charge in [-0.1, -0.05) is 0 Å². The number of likely N-dealkylation sites (N-methyl/N-ethyl adjacent to an activating group) is 2. The molecule has 2 aromatic heterocycles. The summed E-state index contributed by atoms with van der Waals surface area (Å²) in [6.45, 7) is 3.32. The van der Waals surface area contributed by atoms with Crippen LogP contribution in [-0.4, -0.2) is 52.8 Å². The quantitative estimate of drug-likeness (QED) is 0.898. The van der Waals surface area contributed by atoms with Gasteiger partial charge in [-0.15, -0.1) is 11.3 Å². The van der Waals surface area contributed by atoms with Gasteiger partial charge in [-0.3, -0.25) is 9.48 Å². The van der Waals surface area contributed by atoms with Crippen LogP contribution in [0.3, 0.4) is 0 Å². The molecule has 0 spiro atoms. The Kier molecular flexibility index (Phi) is 4.51. The number of hydrogen-bond donors (Lipinski definition) is 1. The van der Waals surface area contributed by atoms with Crippen molar-refractivity contribution in [3.8, 4) is 10.6 Å². The van der Waals surface area contributed by atoms with Gasteiger partial charge < -0.3 is 10.2 Å². The minimum absolute atomic E-state index is 0.0189. The van der Waals surface area contributed by atoms with E-state index in [2.05, 4.69) is 15.4 Å². The van der Waals surface area contributed by atoms with Gasteiger partial charge in [-0.2, -0.15) is 5.10 Å². The lowest BCUT2D eigenvalue weighted by Crippen LogP contribution is -2.32. The zero-order chi connectivity index (χ0) is 14.7. The van der Waals surface area contributed by atoms with Crippen molar-refractivity contribution in [3.05, 3.63) is 23.0 Å². The number of nitrogens with zero attached hydrogens (tertiary/aromatic N) is 4. The van der Waals surface area contributed by atoms with Gasteiger partial charge in [0.15, 0.2) is 0 Å². The minimum Gasteiger partial charge on any atom is -0.340 e. The molecule has 0 aliphatic carbocycles. The number of carbonyl (C=O) groups is 1. The van der Waals surface area contributed by atoms with Gasteiger partial charge in [-0.25, -0.2) is 4.98 Å². The first-order chi connectivity index (χ1) is 9.52. The molecule has 6 nitrogen and oxygen atoms in total. The summed E-state index contributed by atoms with van der Waals surface area (Å²) in [5.41, 5.74) is 1.72. The summed E-state index contributed by atoms with van der Waals surface area (Å²) >= 11 is 1.42. The van der Waals surface area contributed by atoms with Crippen LogP contribution in [0.15, 0.2) is 12.4 Å². The molecule has 108 valence electrons. The van der Waals surface area contributed by atoms with Gasteiger partial charge in [0.25, 0.3) is 5.91 Å². The molecule has 0 aliphatic rings. The molecular formula is C13H19N5OS. The average molecular weight is 293 g/mol. The first-order valence-electron chi connectivity index (χ1n) is 6.39. The van der Waals surface area contributed by atoms with Crippen LogP contribution in [0, 0.1) is 6.92 Å². The van der Waals surface area contributed by atoms with E-state index >= 15 is 0 Å². The summed E-state index contributed by atoms with van der Waals surface area (Å²) in [5.74, 6) is 0.0189. The van der Waals surface area contributed by atoms with Gasteiger partial charge in [0.1, 0.15) is 9.88 Å². The Labute approximate surface area is 122 Å². The van der Waals surface area contributed by atoms with E-state index in [1.165, 1.54) is 11.3 Å². The standard InChI is InChI=1S/C13H19N5OS/c1-9-11(13(19)17(3)6-5-14-2)20-12(16-9)10-7-15-18(4)8-10/h7-8,14H,5-6H2,1-4H3. The molecule has 0 unspecified atom stereocenters. The molecule has 0 atom stereocenters. The summed E-state index contributed by atoms with van der Waals surface area (Å²) < 4.78 is 1.73. The SMILES string of the molecule is CNCCN(C)C(=O)c1sc(-c2cnn(C)c2)nc1C. The normalized spacial score (nSPS) is 10.8. The van der Waals surface area contributed by atoms with E-state index in [0.29, 0.717) is 11.4 Å². The fourth-order valence-electron chi connectivity index (χ4n) is 1.80. The zero-order valence-corrected chi connectivity index (χ0v) is 13.0. The number of rotatable bonds is 5. The lowest BCUT2D eigenvalue weighted by atomic mass is 10.3. The molecule has 1 N–H and O–H groups in total. The summed E-state index contributed by atoms with van der Waals surface area (Å²) in [6.07, 6.45) is 3.66. The fourth-order valence-corrected chi connectivity index (χ4v) is 2.84. The number of amides is 1. The average Bonchev–Trinajstić information content (AvgIpc) is 3.01. The first-order valence-corrected chi connectivity index (χ1v) is 7.21. The van der Waals surface area contributed by atoms with E-state index in [-0.39, 0.29) is 5.91 Å². The van der Waals surface area contributed by atoms with E-state index in [4.69, 9.17) is 0 Å². The number of aryl methyl sites for hydroxylation is 2. The van der Waals surface area contributed by atoms with Crippen molar-refractivity contribution in [2.45, 2.75) is 6.92 Å². The lowest BCUT2D eigenvalue weighted by molar-refractivity contribution is 0.0800. The van der Waals surface area contributed by atoms with Crippen molar-refractivity contribution < 1.29 is 4.79 Å². The van der Waals surface area contributed by atoms with Crippen molar-refractivity contribution >= 4 is 17.2 Å². The molecule has 7 heteroatoms. The second-order valence-corrected chi connectivity index (χ2v) is 5.67. The second kappa shape index (κ2) is 6.15. The maximum atomic E-state index is 12.4.